The summed E-state index contributed by atoms with van der Waals surface area (Å²) < 4.78 is 7.32. The highest BCUT2D eigenvalue weighted by molar-refractivity contribution is 9.11. The minimum Gasteiger partial charge on any atom is -0.492 e. The van der Waals surface area contributed by atoms with Crippen LogP contribution < -0.4 is 20.4 Å². The van der Waals surface area contributed by atoms with Crippen molar-refractivity contribution in [1.82, 2.24) is 15.0 Å². The Balaban J connectivity index is 1.54. The summed E-state index contributed by atoms with van der Waals surface area (Å²) in [7, 11) is 0. The molecule has 2 aromatic carbocycles. The van der Waals surface area contributed by atoms with E-state index in [2.05, 4.69) is 67.6 Å². The van der Waals surface area contributed by atoms with Crippen molar-refractivity contribution >= 4 is 61.6 Å². The van der Waals surface area contributed by atoms with Gasteiger partial charge >= 0.3 is 0 Å². The van der Waals surface area contributed by atoms with Crippen molar-refractivity contribution in [3.63, 3.8) is 0 Å². The molecule has 2 N–H and O–H groups in total. The van der Waals surface area contributed by atoms with E-state index < -0.39 is 0 Å². The maximum absolute atomic E-state index is 5.63. The van der Waals surface area contributed by atoms with Crippen LogP contribution >= 0.6 is 31.9 Å². The Hall–Kier alpha value is -2.72. The quantitative estimate of drug-likeness (QED) is 0.274. The number of hydrogen-bond donors (Lipinski definition) is 2. The molecule has 0 amide bonds. The second kappa shape index (κ2) is 10.7. The van der Waals surface area contributed by atoms with Gasteiger partial charge in [-0.15, -0.1) is 0 Å². The molecule has 1 aliphatic heterocycles. The molecule has 0 aliphatic carbocycles. The molecule has 0 atom stereocenters. The van der Waals surface area contributed by atoms with Crippen LogP contribution in [0.2, 0.25) is 0 Å². The molecule has 2 heterocycles. The summed E-state index contributed by atoms with van der Waals surface area (Å²) in [6, 6.07) is 13.7. The first-order valence-corrected chi connectivity index (χ1v) is 11.9. The maximum Gasteiger partial charge on any atom is 0.250 e. The van der Waals surface area contributed by atoms with Crippen LogP contribution in [-0.2, 0) is 0 Å². The summed E-state index contributed by atoms with van der Waals surface area (Å²) in [6.07, 6.45) is 3.97. The molecule has 32 heavy (non-hydrogen) atoms. The van der Waals surface area contributed by atoms with E-state index in [1.165, 1.54) is 0 Å². The third-order valence-corrected chi connectivity index (χ3v) is 5.91. The van der Waals surface area contributed by atoms with E-state index in [-0.39, 0.29) is 0 Å². The van der Waals surface area contributed by atoms with Crippen molar-refractivity contribution in [3.05, 3.63) is 57.0 Å². The first-order valence-electron chi connectivity index (χ1n) is 10.4. The SMILES string of the molecule is CCOc1c(Br)cc(/C=N/Nc2nc(Nc3ccccc3)nc(N3CCCC3)n2)cc1Br. The number of rotatable bonds is 8. The van der Waals surface area contributed by atoms with Gasteiger partial charge in [0.05, 0.1) is 21.8 Å². The molecule has 1 fully saturated rings. The molecule has 1 aromatic heterocycles. The second-order valence-corrected chi connectivity index (χ2v) is 8.79. The van der Waals surface area contributed by atoms with E-state index in [1.54, 1.807) is 6.21 Å². The molecule has 0 saturated carbocycles. The maximum atomic E-state index is 5.63. The standard InChI is InChI=1S/C22H23Br2N7O/c1-2-32-19-17(23)12-15(13-18(19)24)14-25-30-21-27-20(26-16-8-4-3-5-9-16)28-22(29-21)31-10-6-7-11-31/h3-5,8-9,12-14H,2,6-7,10-11H2,1H3,(H2,26,27,28,29,30)/b25-14+. The van der Waals surface area contributed by atoms with Crippen LogP contribution in [0.4, 0.5) is 23.5 Å². The lowest BCUT2D eigenvalue weighted by molar-refractivity contribution is 0.336. The van der Waals surface area contributed by atoms with Crippen LogP contribution in [0.25, 0.3) is 0 Å². The zero-order chi connectivity index (χ0) is 22.3. The fourth-order valence-corrected chi connectivity index (χ4v) is 4.73. The average Bonchev–Trinajstić information content (AvgIpc) is 3.32. The van der Waals surface area contributed by atoms with Crippen LogP contribution in [0.3, 0.4) is 0 Å². The molecular formula is C22H23Br2N7O. The highest BCUT2D eigenvalue weighted by atomic mass is 79.9. The van der Waals surface area contributed by atoms with Crippen molar-refractivity contribution in [2.75, 3.05) is 35.3 Å². The van der Waals surface area contributed by atoms with Crippen LogP contribution in [0.1, 0.15) is 25.3 Å². The number of anilines is 4. The Bertz CT molecular complexity index is 1070. The molecular weight excluding hydrogens is 538 g/mol. The van der Waals surface area contributed by atoms with Gasteiger partial charge in [-0.05, 0) is 81.5 Å². The van der Waals surface area contributed by atoms with Gasteiger partial charge in [-0.2, -0.15) is 20.1 Å². The summed E-state index contributed by atoms with van der Waals surface area (Å²) in [4.78, 5) is 15.8. The van der Waals surface area contributed by atoms with E-state index in [0.717, 1.165) is 51.9 Å². The fraction of sp³-hybridized carbons (Fsp3) is 0.273. The lowest BCUT2D eigenvalue weighted by Gasteiger charge is -2.16. The first-order chi connectivity index (χ1) is 15.6. The molecule has 0 unspecified atom stereocenters. The molecule has 0 spiro atoms. The molecule has 3 aromatic rings. The van der Waals surface area contributed by atoms with Crippen LogP contribution in [-0.4, -0.2) is 40.9 Å². The number of nitrogens with zero attached hydrogens (tertiary/aromatic N) is 5. The molecule has 8 nitrogen and oxygen atoms in total. The normalized spacial score (nSPS) is 13.5. The Morgan fingerprint density at radius 2 is 1.72 bits per heavy atom. The highest BCUT2D eigenvalue weighted by Crippen LogP contribution is 2.34. The first kappa shape index (κ1) is 22.5. The summed E-state index contributed by atoms with van der Waals surface area (Å²) in [5.74, 6) is 2.25. The van der Waals surface area contributed by atoms with Crippen molar-refractivity contribution in [2.24, 2.45) is 5.10 Å². The number of aromatic nitrogens is 3. The van der Waals surface area contributed by atoms with Crippen molar-refractivity contribution < 1.29 is 4.74 Å². The van der Waals surface area contributed by atoms with Gasteiger partial charge < -0.3 is 15.0 Å². The summed E-state index contributed by atoms with van der Waals surface area (Å²) in [5, 5.41) is 7.57. The van der Waals surface area contributed by atoms with Gasteiger partial charge in [-0.25, -0.2) is 5.43 Å². The third-order valence-electron chi connectivity index (χ3n) is 4.73. The van der Waals surface area contributed by atoms with E-state index >= 15 is 0 Å². The van der Waals surface area contributed by atoms with Crippen molar-refractivity contribution in [1.29, 1.82) is 0 Å². The largest absolute Gasteiger partial charge is 0.492 e. The lowest BCUT2D eigenvalue weighted by Crippen LogP contribution is -2.21. The fourth-order valence-electron chi connectivity index (χ4n) is 3.28. The van der Waals surface area contributed by atoms with Crippen molar-refractivity contribution in [2.45, 2.75) is 19.8 Å². The predicted octanol–water partition coefficient (Wildman–Crippen LogP) is 5.59. The molecule has 0 radical (unpaired) electrons. The number of benzene rings is 2. The minimum atomic E-state index is 0.376. The number of halogens is 2. The zero-order valence-electron chi connectivity index (χ0n) is 17.6. The van der Waals surface area contributed by atoms with E-state index in [0.29, 0.717) is 24.5 Å². The molecule has 0 bridgehead atoms. The monoisotopic (exact) mass is 559 g/mol. The Morgan fingerprint density at radius 3 is 2.41 bits per heavy atom. The van der Waals surface area contributed by atoms with Gasteiger partial charge in [0, 0.05) is 18.8 Å². The van der Waals surface area contributed by atoms with Gasteiger partial charge in [-0.3, -0.25) is 0 Å². The van der Waals surface area contributed by atoms with E-state index in [1.807, 2.05) is 49.4 Å². The zero-order valence-corrected chi connectivity index (χ0v) is 20.7. The number of hydrazone groups is 1. The van der Waals surface area contributed by atoms with Gasteiger partial charge in [0.1, 0.15) is 5.75 Å². The Labute approximate surface area is 203 Å². The van der Waals surface area contributed by atoms with E-state index in [9.17, 15) is 0 Å². The van der Waals surface area contributed by atoms with Crippen LogP contribution in [0.15, 0.2) is 56.5 Å². The Kier molecular flexibility index (Phi) is 7.54. The van der Waals surface area contributed by atoms with E-state index in [4.69, 9.17) is 4.74 Å². The predicted molar refractivity (Wildman–Crippen MR) is 135 cm³/mol. The highest BCUT2D eigenvalue weighted by Gasteiger charge is 2.17. The second-order valence-electron chi connectivity index (χ2n) is 7.08. The molecule has 1 aliphatic rings. The topological polar surface area (TPSA) is 87.6 Å². The smallest absolute Gasteiger partial charge is 0.250 e. The Morgan fingerprint density at radius 1 is 1.03 bits per heavy atom. The van der Waals surface area contributed by atoms with Crippen LogP contribution in [0, 0.1) is 0 Å². The van der Waals surface area contributed by atoms with Gasteiger partial charge in [0.2, 0.25) is 17.8 Å². The summed E-state index contributed by atoms with van der Waals surface area (Å²) >= 11 is 7.08. The van der Waals surface area contributed by atoms with Crippen molar-refractivity contribution in [3.8, 4) is 5.75 Å². The number of nitrogens with one attached hydrogen (secondary N) is 2. The number of hydrogen-bond acceptors (Lipinski definition) is 8. The number of ether oxygens (including phenoxy) is 1. The minimum absolute atomic E-state index is 0.376. The van der Waals surface area contributed by atoms with Crippen LogP contribution in [0.5, 0.6) is 5.75 Å². The van der Waals surface area contributed by atoms with Gasteiger partial charge in [0.15, 0.2) is 0 Å². The number of para-hydroxylation sites is 1. The lowest BCUT2D eigenvalue weighted by atomic mass is 10.2. The molecule has 10 heteroatoms. The molecule has 4 rings (SSSR count). The third kappa shape index (κ3) is 5.74. The molecule has 166 valence electrons. The average molecular weight is 561 g/mol. The van der Waals surface area contributed by atoms with Gasteiger partial charge in [0.25, 0.3) is 0 Å². The molecule has 1 saturated heterocycles. The summed E-state index contributed by atoms with van der Waals surface area (Å²) in [6.45, 7) is 4.41. The summed E-state index contributed by atoms with van der Waals surface area (Å²) in [5.41, 5.74) is 4.73. The van der Waals surface area contributed by atoms with Gasteiger partial charge in [-0.1, -0.05) is 18.2 Å².